The zero-order valence-electron chi connectivity index (χ0n) is 33.3. The van der Waals surface area contributed by atoms with E-state index in [4.69, 9.17) is 29.0 Å². The number of aromatic nitrogens is 4. The molecule has 0 saturated heterocycles. The zero-order valence-corrected chi connectivity index (χ0v) is 34.2. The fourth-order valence-corrected chi connectivity index (χ4v) is 7.09. The standard InChI is InChI=1S/C40H65N6O8P/c1-4-5-6-7-8-9-10-11-12-13-14-15-16-17-18-19-22-51-29-36(52-28-34-23-33(25-41)26-43-27-34)30-53-55(48,49)54-31-40(2,50-3)38(47)24-35-20-21-37-39(42)44-32-45-46(35)37/h20-21,23,26-27,32,36,38,47H,4-19,22,24,28-31H2,1-3H3,(H,48,49)(H2,42,44,45)/t36-,38+,40-/m1/s1. The number of fused-ring (bicyclic) bond motifs is 1. The van der Waals surface area contributed by atoms with Gasteiger partial charge in [0.2, 0.25) is 0 Å². The van der Waals surface area contributed by atoms with E-state index in [-0.39, 0.29) is 26.2 Å². The van der Waals surface area contributed by atoms with E-state index >= 15 is 0 Å². The van der Waals surface area contributed by atoms with Crippen molar-refractivity contribution in [2.75, 3.05) is 39.3 Å². The van der Waals surface area contributed by atoms with Gasteiger partial charge in [0.15, 0.2) is 5.82 Å². The summed E-state index contributed by atoms with van der Waals surface area (Å²) < 4.78 is 42.7. The third-order valence-electron chi connectivity index (χ3n) is 9.93. The third kappa shape index (κ3) is 17.8. The van der Waals surface area contributed by atoms with E-state index in [0.717, 1.165) is 19.3 Å². The van der Waals surface area contributed by atoms with Gasteiger partial charge in [-0.15, -0.1) is 0 Å². The van der Waals surface area contributed by atoms with Crippen LogP contribution in [-0.4, -0.2) is 80.9 Å². The molecule has 0 spiro atoms. The van der Waals surface area contributed by atoms with Gasteiger partial charge in [0.05, 0.1) is 38.1 Å². The smallest absolute Gasteiger partial charge is 0.390 e. The average Bonchev–Trinajstić information content (AvgIpc) is 3.60. The number of nitrogen functional groups attached to an aromatic ring is 1. The molecule has 3 aromatic rings. The Hall–Kier alpha value is -2.99. The van der Waals surface area contributed by atoms with Gasteiger partial charge < -0.3 is 29.9 Å². The highest BCUT2D eigenvalue weighted by Crippen LogP contribution is 2.44. The normalized spacial score (nSPS) is 15.1. The quantitative estimate of drug-likeness (QED) is 0.0408. The van der Waals surface area contributed by atoms with Crippen LogP contribution in [0.3, 0.4) is 0 Å². The minimum Gasteiger partial charge on any atom is -0.390 e. The number of aliphatic hydroxyl groups is 1. The highest BCUT2D eigenvalue weighted by atomic mass is 31.2. The summed E-state index contributed by atoms with van der Waals surface area (Å²) in [7, 11) is -3.25. The molecule has 3 aromatic heterocycles. The lowest BCUT2D eigenvalue weighted by atomic mass is 9.96. The summed E-state index contributed by atoms with van der Waals surface area (Å²) in [6.45, 7) is 3.81. The first-order valence-corrected chi connectivity index (χ1v) is 21.6. The number of methoxy groups -OCH3 is 1. The molecule has 0 saturated carbocycles. The molecule has 0 amide bonds. The molecule has 55 heavy (non-hydrogen) atoms. The monoisotopic (exact) mass is 788 g/mol. The van der Waals surface area contributed by atoms with Crippen molar-refractivity contribution >= 4 is 19.2 Å². The van der Waals surface area contributed by atoms with Gasteiger partial charge in [0.1, 0.15) is 29.6 Å². The molecule has 4 atom stereocenters. The van der Waals surface area contributed by atoms with Crippen LogP contribution >= 0.6 is 7.82 Å². The molecule has 0 fully saturated rings. The van der Waals surface area contributed by atoms with Crippen LogP contribution in [0.5, 0.6) is 0 Å². The third-order valence-corrected chi connectivity index (χ3v) is 10.9. The van der Waals surface area contributed by atoms with Gasteiger partial charge in [-0.2, -0.15) is 10.4 Å². The summed E-state index contributed by atoms with van der Waals surface area (Å²) in [5, 5.41) is 24.5. The summed E-state index contributed by atoms with van der Waals surface area (Å²) in [5.41, 5.74) is 6.84. The fraction of sp³-hybridized carbons (Fsp3) is 0.700. The van der Waals surface area contributed by atoms with Crippen LogP contribution in [-0.2, 0) is 40.9 Å². The second-order valence-electron chi connectivity index (χ2n) is 14.5. The van der Waals surface area contributed by atoms with Crippen LogP contribution in [0.1, 0.15) is 133 Å². The number of pyridine rings is 1. The summed E-state index contributed by atoms with van der Waals surface area (Å²) in [4.78, 5) is 18.7. The highest BCUT2D eigenvalue weighted by molar-refractivity contribution is 7.47. The van der Waals surface area contributed by atoms with Gasteiger partial charge >= 0.3 is 7.82 Å². The molecule has 0 aliphatic carbocycles. The van der Waals surface area contributed by atoms with Gasteiger partial charge in [-0.1, -0.05) is 103 Å². The number of unbranched alkanes of at least 4 members (excludes halogenated alkanes) is 15. The van der Waals surface area contributed by atoms with Crippen molar-refractivity contribution in [2.24, 2.45) is 0 Å². The van der Waals surface area contributed by atoms with Gasteiger partial charge in [0, 0.05) is 38.2 Å². The first-order valence-electron chi connectivity index (χ1n) is 20.1. The van der Waals surface area contributed by atoms with Gasteiger partial charge in [-0.3, -0.25) is 14.0 Å². The van der Waals surface area contributed by atoms with E-state index in [1.807, 2.05) is 0 Å². The van der Waals surface area contributed by atoms with Crippen molar-refractivity contribution in [1.29, 1.82) is 5.26 Å². The molecule has 0 aliphatic heterocycles. The summed E-state index contributed by atoms with van der Waals surface area (Å²) >= 11 is 0. The molecule has 0 radical (unpaired) electrons. The number of nitrogens with zero attached hydrogens (tertiary/aromatic N) is 5. The molecule has 0 bridgehead atoms. The first-order chi connectivity index (χ1) is 26.6. The van der Waals surface area contributed by atoms with Crippen LogP contribution in [0.15, 0.2) is 36.9 Å². The minimum atomic E-state index is -4.62. The van der Waals surface area contributed by atoms with Crippen LogP contribution in [0, 0.1) is 11.3 Å². The van der Waals surface area contributed by atoms with E-state index in [0.29, 0.717) is 34.8 Å². The van der Waals surface area contributed by atoms with Crippen molar-refractivity contribution < 1.29 is 37.8 Å². The van der Waals surface area contributed by atoms with Gasteiger partial charge in [-0.25, -0.2) is 14.1 Å². The number of phosphoric acid groups is 1. The Kier molecular flexibility index (Phi) is 22.0. The van der Waals surface area contributed by atoms with Crippen molar-refractivity contribution in [2.45, 2.75) is 147 Å². The molecular weight excluding hydrogens is 723 g/mol. The molecule has 3 rings (SSSR count). The maximum absolute atomic E-state index is 13.0. The Balaban J connectivity index is 1.38. The molecular formula is C40H65N6O8P. The van der Waals surface area contributed by atoms with Gasteiger partial charge in [0.25, 0.3) is 0 Å². The molecule has 15 heteroatoms. The Morgan fingerprint density at radius 2 is 1.58 bits per heavy atom. The SMILES string of the molecule is CCCCCCCCCCCCCCCCCCOC[C@H](COP(=O)(O)OC[C@@](C)(OC)[C@@H](O)Cc1ccc2c(N)ncnn12)OCc1cncc(C#N)c1. The van der Waals surface area contributed by atoms with Gasteiger partial charge in [-0.05, 0) is 37.1 Å². The van der Waals surface area contributed by atoms with E-state index in [1.54, 1.807) is 35.8 Å². The van der Waals surface area contributed by atoms with Crippen molar-refractivity contribution in [3.63, 3.8) is 0 Å². The average molecular weight is 789 g/mol. The van der Waals surface area contributed by atoms with Crippen LogP contribution in [0.25, 0.3) is 5.52 Å². The van der Waals surface area contributed by atoms with Crippen LogP contribution < -0.4 is 5.73 Å². The molecule has 1 unspecified atom stereocenters. The molecule has 14 nitrogen and oxygen atoms in total. The number of phosphoric ester groups is 1. The van der Waals surface area contributed by atoms with E-state index < -0.39 is 32.2 Å². The second kappa shape index (κ2) is 26.0. The van der Waals surface area contributed by atoms with Crippen molar-refractivity contribution in [1.82, 2.24) is 19.6 Å². The summed E-state index contributed by atoms with van der Waals surface area (Å²) in [6.07, 6.45) is 23.2. The maximum atomic E-state index is 13.0. The summed E-state index contributed by atoms with van der Waals surface area (Å²) in [6, 6.07) is 7.22. The number of anilines is 1. The number of hydrogen-bond acceptors (Lipinski definition) is 12. The lowest BCUT2D eigenvalue weighted by Gasteiger charge is -2.33. The predicted molar refractivity (Wildman–Crippen MR) is 212 cm³/mol. The highest BCUT2D eigenvalue weighted by Gasteiger charge is 2.38. The Bertz CT molecular complexity index is 1590. The Morgan fingerprint density at radius 3 is 2.20 bits per heavy atom. The maximum Gasteiger partial charge on any atom is 0.472 e. The lowest BCUT2D eigenvalue weighted by molar-refractivity contribution is -0.116. The number of ether oxygens (including phenoxy) is 3. The topological polar surface area (TPSA) is 197 Å². The van der Waals surface area contributed by atoms with Crippen LogP contribution in [0.2, 0.25) is 0 Å². The second-order valence-corrected chi connectivity index (χ2v) is 16.0. The number of nitriles is 1. The number of rotatable bonds is 32. The first kappa shape index (κ1) is 46.4. The number of hydrogen-bond donors (Lipinski definition) is 3. The molecule has 0 aliphatic rings. The van der Waals surface area contributed by atoms with E-state index in [1.165, 1.54) is 103 Å². The Morgan fingerprint density at radius 1 is 0.945 bits per heavy atom. The number of aliphatic hydroxyl groups excluding tert-OH is 1. The van der Waals surface area contributed by atoms with Crippen molar-refractivity contribution in [3.8, 4) is 6.07 Å². The van der Waals surface area contributed by atoms with E-state index in [2.05, 4.69) is 28.1 Å². The van der Waals surface area contributed by atoms with Crippen molar-refractivity contribution in [3.05, 3.63) is 53.7 Å². The molecule has 0 aromatic carbocycles. The number of nitrogens with two attached hydrogens (primary N) is 1. The van der Waals surface area contributed by atoms with E-state index in [9.17, 15) is 19.8 Å². The fourth-order valence-electron chi connectivity index (χ4n) is 6.24. The molecule has 4 N–H and O–H groups in total. The lowest BCUT2D eigenvalue weighted by Crippen LogP contribution is -2.46. The molecule has 3 heterocycles. The van der Waals surface area contributed by atoms with Crippen LogP contribution in [0.4, 0.5) is 5.82 Å². The minimum absolute atomic E-state index is 0.0867. The predicted octanol–water partition coefficient (Wildman–Crippen LogP) is 7.88. The summed E-state index contributed by atoms with van der Waals surface area (Å²) in [5.74, 6) is 0.298. The zero-order chi connectivity index (χ0) is 39.8. The molecule has 308 valence electrons. The Labute approximate surface area is 327 Å². The largest absolute Gasteiger partial charge is 0.472 e.